The lowest BCUT2D eigenvalue weighted by atomic mass is 9.98. The number of carbonyl (C=O) groups excluding carboxylic acids is 4. The maximum atomic E-state index is 14.4. The Morgan fingerprint density at radius 2 is 1.86 bits per heavy atom. The van der Waals surface area contributed by atoms with Gasteiger partial charge in [-0.3, -0.25) is 23.9 Å². The molecule has 12 nitrogen and oxygen atoms in total. The van der Waals surface area contributed by atoms with Crippen molar-refractivity contribution < 1.29 is 23.6 Å². The molecule has 258 valence electrons. The average Bonchev–Trinajstić information content (AvgIpc) is 3.49. The van der Waals surface area contributed by atoms with Crippen LogP contribution in [0.3, 0.4) is 0 Å². The summed E-state index contributed by atoms with van der Waals surface area (Å²) < 4.78 is 15.8. The second-order valence-electron chi connectivity index (χ2n) is 13.5. The summed E-state index contributed by atoms with van der Waals surface area (Å²) in [6.07, 6.45) is 10.7. The third-order valence-corrected chi connectivity index (χ3v) is 10.5. The van der Waals surface area contributed by atoms with Crippen molar-refractivity contribution in [3.05, 3.63) is 75.8 Å². The zero-order valence-corrected chi connectivity index (χ0v) is 29.5. The third-order valence-electron chi connectivity index (χ3n) is 9.93. The molecule has 4 aromatic rings. The number of carbonyl (C=O) groups is 4. The summed E-state index contributed by atoms with van der Waals surface area (Å²) in [5.74, 6) is -0.851. The lowest BCUT2D eigenvalue weighted by Gasteiger charge is -2.27. The summed E-state index contributed by atoms with van der Waals surface area (Å²) in [6, 6.07) is 4.18. The van der Waals surface area contributed by atoms with Crippen LogP contribution in [-0.2, 0) is 27.3 Å². The molecule has 7 rings (SSSR count). The lowest BCUT2D eigenvalue weighted by Crippen LogP contribution is -2.46. The molecule has 0 spiro atoms. The summed E-state index contributed by atoms with van der Waals surface area (Å²) in [6.45, 7) is 4.96. The van der Waals surface area contributed by atoms with Gasteiger partial charge in [0, 0.05) is 54.7 Å². The molecule has 1 aliphatic carbocycles. The number of amides is 3. The Bertz CT molecular complexity index is 2070. The van der Waals surface area contributed by atoms with Crippen molar-refractivity contribution in [3.63, 3.8) is 0 Å². The Morgan fingerprint density at radius 1 is 1.08 bits per heavy atom. The van der Waals surface area contributed by atoms with E-state index in [9.17, 15) is 23.6 Å². The van der Waals surface area contributed by atoms with Gasteiger partial charge >= 0.3 is 0 Å². The van der Waals surface area contributed by atoms with E-state index in [0.29, 0.717) is 67.4 Å². The predicted molar refractivity (Wildman–Crippen MR) is 187 cm³/mol. The minimum Gasteiger partial charge on any atom is -0.355 e. The fourth-order valence-corrected chi connectivity index (χ4v) is 7.79. The van der Waals surface area contributed by atoms with E-state index < -0.39 is 23.2 Å². The van der Waals surface area contributed by atoms with Crippen LogP contribution in [-0.4, -0.2) is 71.8 Å². The van der Waals surface area contributed by atoms with Gasteiger partial charge in [-0.2, -0.15) is 5.10 Å². The quantitative estimate of drug-likeness (QED) is 0.168. The normalized spacial score (nSPS) is 22.9. The number of aryl methyl sites for hydroxylation is 2. The van der Waals surface area contributed by atoms with E-state index in [1.165, 1.54) is 13.0 Å². The number of allylic oxidation sites excluding steroid dienone is 2. The van der Waals surface area contributed by atoms with Crippen molar-refractivity contribution in [3.8, 4) is 11.1 Å². The number of ketones is 1. The third kappa shape index (κ3) is 6.32. The fraction of sp³-hybridized carbons (Fsp3) is 0.389. The van der Waals surface area contributed by atoms with Gasteiger partial charge in [-0.1, -0.05) is 12.2 Å². The lowest BCUT2D eigenvalue weighted by molar-refractivity contribution is -0.138. The van der Waals surface area contributed by atoms with Crippen LogP contribution >= 0.6 is 15.9 Å². The molecule has 1 aromatic carbocycles. The highest BCUT2D eigenvalue weighted by Crippen LogP contribution is 2.59. The molecule has 3 atom stereocenters. The zero-order valence-electron chi connectivity index (χ0n) is 27.9. The van der Waals surface area contributed by atoms with Crippen LogP contribution in [0.1, 0.15) is 66.5 Å². The van der Waals surface area contributed by atoms with Crippen LogP contribution in [0.4, 0.5) is 10.2 Å². The first-order chi connectivity index (χ1) is 23.9. The summed E-state index contributed by atoms with van der Waals surface area (Å²) in [7, 11) is 0. The maximum absolute atomic E-state index is 14.4. The first-order valence-electron chi connectivity index (χ1n) is 16.6. The van der Waals surface area contributed by atoms with E-state index in [0.717, 1.165) is 16.7 Å². The minimum atomic E-state index is -0.868. The van der Waals surface area contributed by atoms with Gasteiger partial charge in [0.15, 0.2) is 11.6 Å². The van der Waals surface area contributed by atoms with E-state index in [1.807, 2.05) is 31.2 Å². The van der Waals surface area contributed by atoms with Gasteiger partial charge in [0.2, 0.25) is 17.7 Å². The monoisotopic (exact) mass is 742 g/mol. The van der Waals surface area contributed by atoms with Crippen LogP contribution in [0.2, 0.25) is 0 Å². The van der Waals surface area contributed by atoms with Crippen molar-refractivity contribution >= 4 is 56.2 Å². The van der Waals surface area contributed by atoms with Crippen LogP contribution in [0.15, 0.2) is 47.3 Å². The molecular weight excluding hydrogens is 707 g/mol. The maximum Gasteiger partial charge on any atom is 0.248 e. The van der Waals surface area contributed by atoms with Crippen LogP contribution in [0.25, 0.3) is 22.0 Å². The Kier molecular flexibility index (Phi) is 8.83. The SMILES string of the molecule is CC(=O)c1nn2c3c(cc(-c4cnc(C)nc4)cc13)C/C=C\CCCC(=O)NC[C@@]13C[C@@H](C(=O)Nc4cc(C)c(F)c(Br)n4)N(C(=O)C2)[C@@H]1C3. The van der Waals surface area contributed by atoms with Gasteiger partial charge < -0.3 is 15.5 Å². The summed E-state index contributed by atoms with van der Waals surface area (Å²) >= 11 is 3.10. The summed E-state index contributed by atoms with van der Waals surface area (Å²) in [4.78, 5) is 68.5. The molecule has 5 heterocycles. The minimum absolute atomic E-state index is 0.0297. The van der Waals surface area contributed by atoms with E-state index in [4.69, 9.17) is 0 Å². The first-order valence-corrected chi connectivity index (χ1v) is 17.4. The van der Waals surface area contributed by atoms with Crippen LogP contribution in [0.5, 0.6) is 0 Å². The molecular formula is C36H36BrFN8O4. The molecule has 14 heteroatoms. The van der Waals surface area contributed by atoms with Crippen molar-refractivity contribution in [2.24, 2.45) is 5.41 Å². The molecule has 0 radical (unpaired) electrons. The van der Waals surface area contributed by atoms with Crippen molar-refractivity contribution in [2.45, 2.75) is 77.9 Å². The van der Waals surface area contributed by atoms with Gasteiger partial charge in [0.25, 0.3) is 0 Å². The number of rotatable bonds is 4. The Balaban J connectivity index is 1.29. The molecule has 3 aliphatic rings. The Morgan fingerprint density at radius 3 is 2.60 bits per heavy atom. The highest BCUT2D eigenvalue weighted by atomic mass is 79.9. The van der Waals surface area contributed by atoms with Crippen LogP contribution in [0, 0.1) is 25.1 Å². The Hall–Kier alpha value is -4.85. The molecule has 3 aromatic heterocycles. The average molecular weight is 744 g/mol. The predicted octanol–water partition coefficient (Wildman–Crippen LogP) is 5.01. The number of aromatic nitrogens is 5. The smallest absolute Gasteiger partial charge is 0.248 e. The van der Waals surface area contributed by atoms with E-state index in [2.05, 4.69) is 46.6 Å². The molecule has 3 amide bonds. The number of halogens is 2. The Labute approximate surface area is 296 Å². The second-order valence-corrected chi connectivity index (χ2v) is 14.2. The molecule has 2 aliphatic heterocycles. The largest absolute Gasteiger partial charge is 0.355 e. The van der Waals surface area contributed by atoms with E-state index in [1.54, 1.807) is 28.9 Å². The second kappa shape index (κ2) is 13.1. The van der Waals surface area contributed by atoms with Gasteiger partial charge in [-0.25, -0.2) is 19.3 Å². The summed E-state index contributed by atoms with van der Waals surface area (Å²) in [5, 5.41) is 11.1. The summed E-state index contributed by atoms with van der Waals surface area (Å²) in [5.41, 5.74) is 3.18. The molecule has 50 heavy (non-hydrogen) atoms. The van der Waals surface area contributed by atoms with Gasteiger partial charge in [0.1, 0.15) is 34.5 Å². The number of pyridine rings is 1. The van der Waals surface area contributed by atoms with Gasteiger partial charge in [-0.15, -0.1) is 0 Å². The van der Waals surface area contributed by atoms with E-state index in [-0.39, 0.29) is 46.3 Å². The topological polar surface area (TPSA) is 152 Å². The fourth-order valence-electron chi connectivity index (χ4n) is 7.28. The number of hydrogen-bond acceptors (Lipinski definition) is 8. The molecule has 2 bridgehead atoms. The number of piperidine rings is 1. The molecule has 2 N–H and O–H groups in total. The number of benzene rings is 1. The molecule has 1 saturated heterocycles. The number of nitrogens with one attached hydrogen (secondary N) is 2. The highest BCUT2D eigenvalue weighted by Gasteiger charge is 2.67. The molecule has 1 saturated carbocycles. The highest BCUT2D eigenvalue weighted by molar-refractivity contribution is 9.10. The van der Waals surface area contributed by atoms with E-state index >= 15 is 0 Å². The number of anilines is 1. The standard InChI is InChI=1S/C36H36BrFN8O4/c1-19-10-28(42-34(37)31(19)38)43-35(50)26-13-36-14-27(36)46(26)30(49)17-45-33-22(8-6-4-5-7-9-29(48)41-18-36)11-23(24-15-39-21(3)40-16-24)12-25(33)32(44-45)20(2)47/h4,6,10-12,15-16,26-27H,5,7-9,13-14,17-18H2,1-3H3,(H,41,48)(H,42,43,50)/b6-4-/t26-,27+,36-/m0/s1. The molecule has 2 fully saturated rings. The van der Waals surface area contributed by atoms with Crippen molar-refractivity contribution in [1.29, 1.82) is 0 Å². The van der Waals surface area contributed by atoms with Gasteiger partial charge in [0.05, 0.1) is 5.52 Å². The number of Topliss-reactive ketones (excluding diaryl/α,β-unsaturated/α-hetero) is 1. The number of hydrogen-bond donors (Lipinski definition) is 2. The number of nitrogens with zero attached hydrogens (tertiary/aromatic N) is 6. The molecule has 0 unspecified atom stereocenters. The first kappa shape index (κ1) is 33.6. The van der Waals surface area contributed by atoms with Crippen molar-refractivity contribution in [1.82, 2.24) is 34.9 Å². The van der Waals surface area contributed by atoms with Crippen molar-refractivity contribution in [2.75, 3.05) is 11.9 Å². The zero-order chi connectivity index (χ0) is 35.3. The van der Waals surface area contributed by atoms with Gasteiger partial charge in [-0.05, 0) is 96.8 Å². The van der Waals surface area contributed by atoms with Crippen LogP contribution < -0.4 is 10.6 Å².